The van der Waals surface area contributed by atoms with Crippen molar-refractivity contribution >= 4 is 34.8 Å². The molecule has 0 saturated heterocycles. The number of benzene rings is 1. The smallest absolute Gasteiger partial charge is 0.226 e. The van der Waals surface area contributed by atoms with Gasteiger partial charge in [-0.2, -0.15) is 4.39 Å². The van der Waals surface area contributed by atoms with Gasteiger partial charge < -0.3 is 0 Å². The van der Waals surface area contributed by atoms with Gasteiger partial charge >= 0.3 is 0 Å². The van der Waals surface area contributed by atoms with Crippen LogP contribution >= 0.6 is 34.8 Å². The lowest BCUT2D eigenvalue weighted by atomic mass is 10.1. The standard InChI is InChI=1S/C11H5Cl3FN/c12-7-2-1-3-8(13)10(7)6-4-9(14)11(15)16-5-6/h1-5H. The predicted octanol–water partition coefficient (Wildman–Crippen LogP) is 4.85. The Morgan fingerprint density at radius 1 is 1.00 bits per heavy atom. The average molecular weight is 277 g/mol. The molecule has 2 aromatic rings. The molecule has 1 heterocycles. The minimum atomic E-state index is -0.714. The van der Waals surface area contributed by atoms with Crippen LogP contribution in [0.4, 0.5) is 4.39 Å². The van der Waals surface area contributed by atoms with E-state index >= 15 is 0 Å². The zero-order valence-corrected chi connectivity index (χ0v) is 10.1. The Morgan fingerprint density at radius 2 is 1.62 bits per heavy atom. The number of aromatic nitrogens is 1. The molecule has 0 fully saturated rings. The molecule has 0 spiro atoms. The highest BCUT2D eigenvalue weighted by molar-refractivity contribution is 6.39. The van der Waals surface area contributed by atoms with Crippen LogP contribution in [0.5, 0.6) is 0 Å². The van der Waals surface area contributed by atoms with Crippen LogP contribution in [-0.2, 0) is 0 Å². The topological polar surface area (TPSA) is 12.9 Å². The molecule has 0 aliphatic heterocycles. The molecule has 0 bridgehead atoms. The molecule has 5 heteroatoms. The second kappa shape index (κ2) is 4.58. The summed E-state index contributed by atoms with van der Waals surface area (Å²) < 4.78 is 12.9. The van der Waals surface area contributed by atoms with Gasteiger partial charge in [0.05, 0.1) is 5.02 Å². The summed E-state index contributed by atoms with van der Waals surface area (Å²) in [6, 6.07) is 6.56. The highest BCUT2D eigenvalue weighted by Crippen LogP contribution is 2.35. The fourth-order valence-electron chi connectivity index (χ4n) is 1.33. The molecule has 0 atom stereocenters. The maximum atomic E-state index is 12.9. The van der Waals surface area contributed by atoms with Crippen LogP contribution in [0, 0.1) is 5.95 Å². The van der Waals surface area contributed by atoms with Crippen LogP contribution in [-0.4, -0.2) is 4.98 Å². The molecule has 82 valence electrons. The third-order valence-corrected chi connectivity index (χ3v) is 2.94. The lowest BCUT2D eigenvalue weighted by Crippen LogP contribution is -1.87. The third kappa shape index (κ3) is 2.14. The zero-order chi connectivity index (χ0) is 11.7. The third-order valence-electron chi connectivity index (χ3n) is 2.05. The number of rotatable bonds is 1. The Kier molecular flexibility index (Phi) is 3.33. The van der Waals surface area contributed by atoms with Gasteiger partial charge in [0.1, 0.15) is 0 Å². The molecule has 0 saturated carbocycles. The van der Waals surface area contributed by atoms with Gasteiger partial charge in [-0.3, -0.25) is 0 Å². The van der Waals surface area contributed by atoms with Crippen molar-refractivity contribution in [3.05, 3.63) is 51.5 Å². The normalized spacial score (nSPS) is 10.5. The second-order valence-corrected chi connectivity index (χ2v) is 4.31. The van der Waals surface area contributed by atoms with Gasteiger partial charge in [-0.15, -0.1) is 0 Å². The van der Waals surface area contributed by atoms with Crippen molar-refractivity contribution in [2.75, 3.05) is 0 Å². The average Bonchev–Trinajstić information content (AvgIpc) is 2.23. The van der Waals surface area contributed by atoms with E-state index in [0.29, 0.717) is 21.2 Å². The molecule has 0 aliphatic carbocycles. The first-order chi connectivity index (χ1) is 7.59. The van der Waals surface area contributed by atoms with Crippen LogP contribution in [0.3, 0.4) is 0 Å². The van der Waals surface area contributed by atoms with E-state index in [1.807, 2.05) is 0 Å². The quantitative estimate of drug-likeness (QED) is 0.679. The molecule has 0 unspecified atom stereocenters. The SMILES string of the molecule is Fc1ncc(-c2c(Cl)cccc2Cl)cc1Cl. The van der Waals surface area contributed by atoms with E-state index in [-0.39, 0.29) is 5.02 Å². The largest absolute Gasteiger partial charge is 0.231 e. The van der Waals surface area contributed by atoms with Crippen LogP contribution < -0.4 is 0 Å². The summed E-state index contributed by atoms with van der Waals surface area (Å²) in [5.41, 5.74) is 1.18. The first-order valence-electron chi connectivity index (χ1n) is 4.35. The Morgan fingerprint density at radius 3 is 2.19 bits per heavy atom. The van der Waals surface area contributed by atoms with Gasteiger partial charge in [0.15, 0.2) is 0 Å². The van der Waals surface area contributed by atoms with Crippen molar-refractivity contribution in [2.24, 2.45) is 0 Å². The summed E-state index contributed by atoms with van der Waals surface area (Å²) in [5, 5.41) is 0.877. The van der Waals surface area contributed by atoms with Crippen molar-refractivity contribution in [1.29, 1.82) is 0 Å². The van der Waals surface area contributed by atoms with Crippen molar-refractivity contribution < 1.29 is 4.39 Å². The minimum absolute atomic E-state index is 0.0616. The molecule has 0 aliphatic rings. The fourth-order valence-corrected chi connectivity index (χ4v) is 2.11. The summed E-state index contributed by atoms with van der Waals surface area (Å²) in [5.74, 6) is -0.714. The maximum Gasteiger partial charge on any atom is 0.231 e. The lowest BCUT2D eigenvalue weighted by Gasteiger charge is -2.06. The Labute approximate surface area is 107 Å². The van der Waals surface area contributed by atoms with Crippen LogP contribution in [0.25, 0.3) is 11.1 Å². The van der Waals surface area contributed by atoms with E-state index < -0.39 is 5.95 Å². The minimum Gasteiger partial charge on any atom is -0.226 e. The molecular formula is C11H5Cl3FN. The van der Waals surface area contributed by atoms with E-state index in [9.17, 15) is 4.39 Å². The van der Waals surface area contributed by atoms with Crippen LogP contribution in [0.1, 0.15) is 0 Å². The van der Waals surface area contributed by atoms with Crippen molar-refractivity contribution in [3.8, 4) is 11.1 Å². The van der Waals surface area contributed by atoms with Gasteiger partial charge in [-0.05, 0) is 18.2 Å². The van der Waals surface area contributed by atoms with Crippen molar-refractivity contribution in [2.45, 2.75) is 0 Å². The number of pyridine rings is 1. The molecular weight excluding hydrogens is 271 g/mol. The van der Waals surface area contributed by atoms with Crippen LogP contribution in [0.2, 0.25) is 15.1 Å². The molecule has 2 rings (SSSR count). The zero-order valence-electron chi connectivity index (χ0n) is 7.85. The van der Waals surface area contributed by atoms with Gasteiger partial charge in [0.25, 0.3) is 0 Å². The molecule has 1 aromatic heterocycles. The predicted molar refractivity (Wildman–Crippen MR) is 64.7 cm³/mol. The molecule has 1 aromatic carbocycles. The molecule has 16 heavy (non-hydrogen) atoms. The Hall–Kier alpha value is -0.830. The number of hydrogen-bond donors (Lipinski definition) is 0. The Balaban J connectivity index is 2.63. The Bertz CT molecular complexity index is 522. The molecule has 0 N–H and O–H groups in total. The van der Waals surface area contributed by atoms with E-state index in [1.54, 1.807) is 18.2 Å². The molecule has 1 nitrogen and oxygen atoms in total. The fraction of sp³-hybridized carbons (Fsp3) is 0. The summed E-state index contributed by atoms with van der Waals surface area (Å²) in [7, 11) is 0. The first kappa shape index (κ1) is 11.6. The second-order valence-electron chi connectivity index (χ2n) is 3.09. The summed E-state index contributed by atoms with van der Waals surface area (Å²) in [4.78, 5) is 3.52. The summed E-state index contributed by atoms with van der Waals surface area (Å²) in [6.07, 6.45) is 1.34. The monoisotopic (exact) mass is 275 g/mol. The van der Waals surface area contributed by atoms with E-state index in [4.69, 9.17) is 34.8 Å². The van der Waals surface area contributed by atoms with Crippen molar-refractivity contribution in [1.82, 2.24) is 4.98 Å². The summed E-state index contributed by atoms with van der Waals surface area (Å²) >= 11 is 17.7. The van der Waals surface area contributed by atoms with Crippen LogP contribution in [0.15, 0.2) is 30.5 Å². The highest BCUT2D eigenvalue weighted by Gasteiger charge is 2.10. The molecule has 0 amide bonds. The van der Waals surface area contributed by atoms with Gasteiger partial charge in [-0.25, -0.2) is 4.98 Å². The number of hydrogen-bond acceptors (Lipinski definition) is 1. The first-order valence-corrected chi connectivity index (χ1v) is 5.48. The van der Waals surface area contributed by atoms with E-state index in [0.717, 1.165) is 0 Å². The van der Waals surface area contributed by atoms with Crippen molar-refractivity contribution in [3.63, 3.8) is 0 Å². The van der Waals surface area contributed by atoms with Gasteiger partial charge in [0.2, 0.25) is 5.95 Å². The van der Waals surface area contributed by atoms with E-state index in [2.05, 4.69) is 4.98 Å². The van der Waals surface area contributed by atoms with E-state index in [1.165, 1.54) is 12.3 Å². The number of nitrogens with zero attached hydrogens (tertiary/aromatic N) is 1. The van der Waals surface area contributed by atoms with Gasteiger partial charge in [-0.1, -0.05) is 40.9 Å². The molecule has 0 radical (unpaired) electrons. The maximum absolute atomic E-state index is 12.9. The number of halogens is 4. The summed E-state index contributed by atoms with van der Waals surface area (Å²) in [6.45, 7) is 0. The highest BCUT2D eigenvalue weighted by atomic mass is 35.5. The van der Waals surface area contributed by atoms with Gasteiger partial charge in [0, 0.05) is 27.4 Å². The lowest BCUT2D eigenvalue weighted by molar-refractivity contribution is 0.584.